The summed E-state index contributed by atoms with van der Waals surface area (Å²) in [6.07, 6.45) is 0. The van der Waals surface area contributed by atoms with Crippen molar-refractivity contribution in [3.63, 3.8) is 0 Å². The number of amides is 2. The summed E-state index contributed by atoms with van der Waals surface area (Å²) in [6.45, 7) is 7.38. The molecule has 4 rings (SSSR count). The second kappa shape index (κ2) is 7.88. The van der Waals surface area contributed by atoms with Gasteiger partial charge in [0, 0.05) is 44.5 Å². The minimum atomic E-state index is -0.0674. The molecule has 0 bridgehead atoms. The van der Waals surface area contributed by atoms with E-state index >= 15 is 0 Å². The minimum absolute atomic E-state index is 0.0674. The highest BCUT2D eigenvalue weighted by Gasteiger charge is 2.22. The molecule has 2 aromatic carbocycles. The molecule has 1 saturated heterocycles. The Balaban J connectivity index is 1.30. The SMILES string of the molecule is Cc1ccccc1CN1CCN(C(=O)Nc2ccc3c(c2)OCCO3)CC1. The fourth-order valence-electron chi connectivity index (χ4n) is 3.46. The number of carbonyl (C=O) groups is 1. The van der Waals surface area contributed by atoms with Crippen LogP contribution in [0.4, 0.5) is 10.5 Å². The van der Waals surface area contributed by atoms with Crippen molar-refractivity contribution in [1.29, 1.82) is 0 Å². The number of aryl methyl sites for hydroxylation is 1. The number of benzene rings is 2. The lowest BCUT2D eigenvalue weighted by atomic mass is 10.1. The van der Waals surface area contributed by atoms with E-state index in [-0.39, 0.29) is 6.03 Å². The van der Waals surface area contributed by atoms with Crippen LogP contribution < -0.4 is 14.8 Å². The predicted molar refractivity (Wildman–Crippen MR) is 104 cm³/mol. The zero-order valence-electron chi connectivity index (χ0n) is 15.6. The first-order chi connectivity index (χ1) is 13.2. The number of nitrogens with zero attached hydrogens (tertiary/aromatic N) is 2. The van der Waals surface area contributed by atoms with Crippen LogP contribution in [0.25, 0.3) is 0 Å². The first-order valence-corrected chi connectivity index (χ1v) is 9.41. The van der Waals surface area contributed by atoms with Gasteiger partial charge in [0.25, 0.3) is 0 Å². The maximum atomic E-state index is 12.6. The lowest BCUT2D eigenvalue weighted by molar-refractivity contribution is 0.143. The molecule has 6 heteroatoms. The van der Waals surface area contributed by atoms with Crippen molar-refractivity contribution >= 4 is 11.7 Å². The van der Waals surface area contributed by atoms with Crippen molar-refractivity contribution < 1.29 is 14.3 Å². The van der Waals surface area contributed by atoms with Crippen molar-refractivity contribution in [3.05, 3.63) is 53.6 Å². The van der Waals surface area contributed by atoms with E-state index in [1.165, 1.54) is 11.1 Å². The molecule has 2 amide bonds. The molecule has 1 N–H and O–H groups in total. The van der Waals surface area contributed by atoms with Crippen LogP contribution in [-0.2, 0) is 6.54 Å². The number of nitrogens with one attached hydrogen (secondary N) is 1. The summed E-state index contributed by atoms with van der Waals surface area (Å²) in [6, 6.07) is 13.9. The molecule has 2 aliphatic rings. The zero-order chi connectivity index (χ0) is 18.6. The Morgan fingerprint density at radius 3 is 2.52 bits per heavy atom. The van der Waals surface area contributed by atoms with Crippen molar-refractivity contribution in [3.8, 4) is 11.5 Å². The summed E-state index contributed by atoms with van der Waals surface area (Å²) in [5.74, 6) is 1.41. The molecule has 27 heavy (non-hydrogen) atoms. The number of anilines is 1. The monoisotopic (exact) mass is 367 g/mol. The van der Waals surface area contributed by atoms with Gasteiger partial charge in [-0.15, -0.1) is 0 Å². The predicted octanol–water partition coefficient (Wildman–Crippen LogP) is 3.12. The number of urea groups is 1. The topological polar surface area (TPSA) is 54.0 Å². The molecule has 2 heterocycles. The first kappa shape index (κ1) is 17.7. The van der Waals surface area contributed by atoms with Gasteiger partial charge in [-0.2, -0.15) is 0 Å². The third-order valence-corrected chi connectivity index (χ3v) is 5.11. The summed E-state index contributed by atoms with van der Waals surface area (Å²) < 4.78 is 11.1. The number of fused-ring (bicyclic) bond motifs is 1. The molecule has 1 fully saturated rings. The Hall–Kier alpha value is -2.73. The van der Waals surface area contributed by atoms with Crippen LogP contribution in [0.2, 0.25) is 0 Å². The zero-order valence-corrected chi connectivity index (χ0v) is 15.6. The highest BCUT2D eigenvalue weighted by Crippen LogP contribution is 2.32. The maximum absolute atomic E-state index is 12.6. The number of rotatable bonds is 3. The molecule has 0 aliphatic carbocycles. The number of hydrogen-bond acceptors (Lipinski definition) is 4. The summed E-state index contributed by atoms with van der Waals surface area (Å²) in [4.78, 5) is 16.8. The van der Waals surface area contributed by atoms with Gasteiger partial charge >= 0.3 is 6.03 Å². The molecule has 0 atom stereocenters. The highest BCUT2D eigenvalue weighted by molar-refractivity contribution is 5.89. The molecular weight excluding hydrogens is 342 g/mol. The van der Waals surface area contributed by atoms with Gasteiger partial charge in [0.2, 0.25) is 0 Å². The highest BCUT2D eigenvalue weighted by atomic mass is 16.6. The Kier molecular flexibility index (Phi) is 5.16. The lowest BCUT2D eigenvalue weighted by Gasteiger charge is -2.35. The van der Waals surface area contributed by atoms with E-state index in [1.54, 1.807) is 0 Å². The normalized spacial score (nSPS) is 16.9. The summed E-state index contributed by atoms with van der Waals surface area (Å²) >= 11 is 0. The van der Waals surface area contributed by atoms with Crippen LogP contribution in [0, 0.1) is 6.92 Å². The fourth-order valence-corrected chi connectivity index (χ4v) is 3.46. The lowest BCUT2D eigenvalue weighted by Crippen LogP contribution is -2.49. The van der Waals surface area contributed by atoms with Crippen molar-refractivity contribution in [2.45, 2.75) is 13.5 Å². The van der Waals surface area contributed by atoms with Crippen molar-refractivity contribution in [2.75, 3.05) is 44.7 Å². The van der Waals surface area contributed by atoms with Gasteiger partial charge in [-0.25, -0.2) is 4.79 Å². The number of ether oxygens (including phenoxy) is 2. The molecule has 142 valence electrons. The van der Waals surface area contributed by atoms with Crippen LogP contribution in [-0.4, -0.2) is 55.2 Å². The van der Waals surface area contributed by atoms with E-state index in [9.17, 15) is 4.79 Å². The number of piperazine rings is 1. The number of hydrogen-bond donors (Lipinski definition) is 1. The Labute approximate surface area is 159 Å². The molecule has 6 nitrogen and oxygen atoms in total. The Morgan fingerprint density at radius 2 is 1.74 bits per heavy atom. The number of carbonyl (C=O) groups excluding carboxylic acids is 1. The van der Waals surface area contributed by atoms with Gasteiger partial charge in [0.05, 0.1) is 0 Å². The van der Waals surface area contributed by atoms with Gasteiger partial charge in [-0.1, -0.05) is 24.3 Å². The van der Waals surface area contributed by atoms with E-state index in [1.807, 2.05) is 23.1 Å². The summed E-state index contributed by atoms with van der Waals surface area (Å²) in [7, 11) is 0. The van der Waals surface area contributed by atoms with Crippen LogP contribution >= 0.6 is 0 Å². The van der Waals surface area contributed by atoms with E-state index < -0.39 is 0 Å². The Morgan fingerprint density at radius 1 is 1.00 bits per heavy atom. The third-order valence-electron chi connectivity index (χ3n) is 5.11. The molecule has 0 unspecified atom stereocenters. The van der Waals surface area contributed by atoms with Gasteiger partial charge in [0.15, 0.2) is 11.5 Å². The van der Waals surface area contributed by atoms with E-state index in [0.29, 0.717) is 19.0 Å². The molecule has 0 saturated carbocycles. The summed E-state index contributed by atoms with van der Waals surface area (Å²) in [5, 5.41) is 2.97. The van der Waals surface area contributed by atoms with Crippen molar-refractivity contribution in [1.82, 2.24) is 9.80 Å². The smallest absolute Gasteiger partial charge is 0.321 e. The largest absolute Gasteiger partial charge is 0.486 e. The molecule has 0 aromatic heterocycles. The summed E-state index contributed by atoms with van der Waals surface area (Å²) in [5.41, 5.74) is 3.40. The second-order valence-electron chi connectivity index (χ2n) is 6.98. The van der Waals surface area contributed by atoms with Crippen molar-refractivity contribution in [2.24, 2.45) is 0 Å². The molecular formula is C21H25N3O3. The Bertz CT molecular complexity index is 816. The van der Waals surface area contributed by atoms with Crippen LogP contribution in [0.5, 0.6) is 11.5 Å². The van der Waals surface area contributed by atoms with Crippen LogP contribution in [0.1, 0.15) is 11.1 Å². The first-order valence-electron chi connectivity index (χ1n) is 9.41. The fraction of sp³-hybridized carbons (Fsp3) is 0.381. The third kappa shape index (κ3) is 4.17. The second-order valence-corrected chi connectivity index (χ2v) is 6.98. The van der Waals surface area contributed by atoms with Crippen LogP contribution in [0.3, 0.4) is 0 Å². The molecule has 0 radical (unpaired) electrons. The average molecular weight is 367 g/mol. The molecule has 2 aliphatic heterocycles. The molecule has 2 aromatic rings. The van der Waals surface area contributed by atoms with E-state index in [4.69, 9.17) is 9.47 Å². The maximum Gasteiger partial charge on any atom is 0.321 e. The van der Waals surface area contributed by atoms with Gasteiger partial charge < -0.3 is 19.7 Å². The standard InChI is InChI=1S/C21H25N3O3/c1-16-4-2-3-5-17(16)15-23-8-10-24(11-9-23)21(25)22-18-6-7-19-20(14-18)27-13-12-26-19/h2-7,14H,8-13,15H2,1H3,(H,22,25). The van der Waals surface area contributed by atoms with Gasteiger partial charge in [-0.3, -0.25) is 4.90 Å². The van der Waals surface area contributed by atoms with E-state index in [0.717, 1.165) is 44.2 Å². The average Bonchev–Trinajstić information content (AvgIpc) is 2.70. The molecule has 0 spiro atoms. The minimum Gasteiger partial charge on any atom is -0.486 e. The quantitative estimate of drug-likeness (QED) is 0.906. The van der Waals surface area contributed by atoms with Gasteiger partial charge in [-0.05, 0) is 30.2 Å². The van der Waals surface area contributed by atoms with Crippen LogP contribution in [0.15, 0.2) is 42.5 Å². The van der Waals surface area contributed by atoms with Gasteiger partial charge in [0.1, 0.15) is 13.2 Å². The van der Waals surface area contributed by atoms with E-state index in [2.05, 4.69) is 41.4 Å².